The molecule has 0 saturated heterocycles. The standard InChI is InChI=1S/C16H22N2OS/c1-13(2)8-10-19-11-9-18-15(12-17-16(18)20)14-6-4-3-5-7-14/h3-7,12-13H,8-11H2,1-2H3,(H,17,20). The summed E-state index contributed by atoms with van der Waals surface area (Å²) >= 11 is 5.34. The highest BCUT2D eigenvalue weighted by molar-refractivity contribution is 7.71. The molecule has 0 aliphatic rings. The molecule has 0 saturated carbocycles. The second kappa shape index (κ2) is 7.41. The van der Waals surface area contributed by atoms with Crippen LogP contribution in [-0.2, 0) is 11.3 Å². The summed E-state index contributed by atoms with van der Waals surface area (Å²) in [5, 5.41) is 0. The van der Waals surface area contributed by atoms with Gasteiger partial charge in [-0.25, -0.2) is 0 Å². The Bertz CT molecular complexity index is 572. The minimum absolute atomic E-state index is 0.685. The lowest BCUT2D eigenvalue weighted by atomic mass is 10.1. The van der Waals surface area contributed by atoms with Crippen molar-refractivity contribution in [3.05, 3.63) is 41.3 Å². The second-order valence-electron chi connectivity index (χ2n) is 5.29. The molecule has 1 aromatic heterocycles. The minimum Gasteiger partial charge on any atom is -0.380 e. The van der Waals surface area contributed by atoms with Gasteiger partial charge in [0.05, 0.1) is 12.3 Å². The van der Waals surface area contributed by atoms with Crippen LogP contribution >= 0.6 is 12.2 Å². The van der Waals surface area contributed by atoms with Gasteiger partial charge in [-0.15, -0.1) is 0 Å². The Morgan fingerprint density at radius 2 is 1.95 bits per heavy atom. The van der Waals surface area contributed by atoms with Crippen molar-refractivity contribution >= 4 is 12.2 Å². The molecule has 0 bridgehead atoms. The van der Waals surface area contributed by atoms with Crippen LogP contribution in [0.15, 0.2) is 36.5 Å². The number of nitrogens with zero attached hydrogens (tertiary/aromatic N) is 1. The number of nitrogens with one attached hydrogen (secondary N) is 1. The van der Waals surface area contributed by atoms with E-state index in [1.54, 1.807) is 0 Å². The zero-order valence-electron chi connectivity index (χ0n) is 12.1. The van der Waals surface area contributed by atoms with Crippen LogP contribution in [0.4, 0.5) is 0 Å². The molecule has 0 amide bonds. The number of hydrogen-bond acceptors (Lipinski definition) is 2. The largest absolute Gasteiger partial charge is 0.380 e. The number of H-pyrrole nitrogens is 1. The third-order valence-corrected chi connectivity index (χ3v) is 3.57. The van der Waals surface area contributed by atoms with Gasteiger partial charge >= 0.3 is 0 Å². The van der Waals surface area contributed by atoms with E-state index in [1.807, 2.05) is 24.4 Å². The number of rotatable bonds is 7. The van der Waals surface area contributed by atoms with E-state index in [-0.39, 0.29) is 0 Å². The summed E-state index contributed by atoms with van der Waals surface area (Å²) in [5.41, 5.74) is 2.28. The smallest absolute Gasteiger partial charge is 0.177 e. The third kappa shape index (κ3) is 4.05. The van der Waals surface area contributed by atoms with Crippen molar-refractivity contribution in [3.8, 4) is 11.3 Å². The zero-order chi connectivity index (χ0) is 14.4. The molecule has 1 aromatic carbocycles. The molecule has 0 aliphatic carbocycles. The normalized spacial score (nSPS) is 11.2. The molecule has 4 heteroatoms. The van der Waals surface area contributed by atoms with Gasteiger partial charge in [0.2, 0.25) is 0 Å². The highest BCUT2D eigenvalue weighted by Gasteiger charge is 2.06. The summed E-state index contributed by atoms with van der Waals surface area (Å²) in [5.74, 6) is 0.685. The molecule has 1 N–H and O–H groups in total. The number of aromatic nitrogens is 2. The molecule has 2 aromatic rings. The maximum absolute atomic E-state index is 5.68. The maximum atomic E-state index is 5.68. The summed E-state index contributed by atoms with van der Waals surface area (Å²) in [6.45, 7) is 6.71. The fourth-order valence-corrected chi connectivity index (χ4v) is 2.29. The van der Waals surface area contributed by atoms with E-state index in [0.717, 1.165) is 30.0 Å². The Morgan fingerprint density at radius 3 is 2.65 bits per heavy atom. The van der Waals surface area contributed by atoms with Crippen molar-refractivity contribution in [1.82, 2.24) is 9.55 Å². The number of benzene rings is 1. The lowest BCUT2D eigenvalue weighted by Crippen LogP contribution is -2.09. The topological polar surface area (TPSA) is 29.9 Å². The lowest BCUT2D eigenvalue weighted by molar-refractivity contribution is 0.116. The highest BCUT2D eigenvalue weighted by Crippen LogP contribution is 2.19. The molecule has 1 heterocycles. The number of hydrogen-bond donors (Lipinski definition) is 1. The Kier molecular flexibility index (Phi) is 5.56. The van der Waals surface area contributed by atoms with Gasteiger partial charge in [0.15, 0.2) is 4.77 Å². The molecule has 0 atom stereocenters. The van der Waals surface area contributed by atoms with Crippen LogP contribution < -0.4 is 0 Å². The number of ether oxygens (including phenoxy) is 1. The molecular formula is C16H22N2OS. The predicted octanol–water partition coefficient (Wildman–Crippen LogP) is 4.28. The van der Waals surface area contributed by atoms with Gasteiger partial charge in [0, 0.05) is 19.3 Å². The Morgan fingerprint density at radius 1 is 1.20 bits per heavy atom. The Hall–Kier alpha value is -1.39. The van der Waals surface area contributed by atoms with Crippen LogP contribution in [0.3, 0.4) is 0 Å². The molecule has 0 fully saturated rings. The van der Waals surface area contributed by atoms with E-state index >= 15 is 0 Å². The Balaban J connectivity index is 1.98. The summed E-state index contributed by atoms with van der Waals surface area (Å²) in [6.07, 6.45) is 3.07. The number of imidazole rings is 1. The molecule has 0 unspecified atom stereocenters. The van der Waals surface area contributed by atoms with Crippen LogP contribution in [-0.4, -0.2) is 22.8 Å². The fraction of sp³-hybridized carbons (Fsp3) is 0.438. The van der Waals surface area contributed by atoms with Crippen molar-refractivity contribution in [3.63, 3.8) is 0 Å². The SMILES string of the molecule is CC(C)CCOCCn1c(-c2ccccc2)c[nH]c1=S. The van der Waals surface area contributed by atoms with Gasteiger partial charge in [0.1, 0.15) is 0 Å². The molecule has 3 nitrogen and oxygen atoms in total. The van der Waals surface area contributed by atoms with Gasteiger partial charge < -0.3 is 14.3 Å². The zero-order valence-corrected chi connectivity index (χ0v) is 13.0. The molecule has 0 aliphatic heterocycles. The summed E-state index contributed by atoms with van der Waals surface area (Å²) < 4.78 is 8.53. The van der Waals surface area contributed by atoms with Crippen LogP contribution in [0.5, 0.6) is 0 Å². The maximum Gasteiger partial charge on any atom is 0.177 e. The van der Waals surface area contributed by atoms with Crippen molar-refractivity contribution in [2.24, 2.45) is 5.92 Å². The average Bonchev–Trinajstić information content (AvgIpc) is 2.80. The van der Waals surface area contributed by atoms with E-state index in [9.17, 15) is 0 Å². The Labute approximate surface area is 125 Å². The van der Waals surface area contributed by atoms with E-state index in [1.165, 1.54) is 5.56 Å². The molecule has 2 rings (SSSR count). The van der Waals surface area contributed by atoms with Crippen LogP contribution in [0.2, 0.25) is 0 Å². The average molecular weight is 290 g/mol. The minimum atomic E-state index is 0.685. The van der Waals surface area contributed by atoms with Crippen molar-refractivity contribution in [2.45, 2.75) is 26.8 Å². The first-order chi connectivity index (χ1) is 9.68. The first-order valence-electron chi connectivity index (χ1n) is 7.10. The molecule has 0 radical (unpaired) electrons. The first-order valence-corrected chi connectivity index (χ1v) is 7.50. The highest BCUT2D eigenvalue weighted by atomic mass is 32.1. The van der Waals surface area contributed by atoms with Gasteiger partial charge in [0.25, 0.3) is 0 Å². The van der Waals surface area contributed by atoms with Crippen molar-refractivity contribution in [1.29, 1.82) is 0 Å². The summed E-state index contributed by atoms with van der Waals surface area (Å²) in [6, 6.07) is 10.3. The van der Waals surface area contributed by atoms with E-state index in [2.05, 4.69) is 35.5 Å². The summed E-state index contributed by atoms with van der Waals surface area (Å²) in [7, 11) is 0. The van der Waals surface area contributed by atoms with Crippen molar-refractivity contribution in [2.75, 3.05) is 13.2 Å². The number of aromatic amines is 1. The van der Waals surface area contributed by atoms with E-state index in [0.29, 0.717) is 12.5 Å². The third-order valence-electron chi connectivity index (χ3n) is 3.24. The van der Waals surface area contributed by atoms with Crippen LogP contribution in [0, 0.1) is 10.7 Å². The van der Waals surface area contributed by atoms with E-state index in [4.69, 9.17) is 17.0 Å². The molecular weight excluding hydrogens is 268 g/mol. The lowest BCUT2D eigenvalue weighted by Gasteiger charge is -2.10. The fourth-order valence-electron chi connectivity index (χ4n) is 2.04. The van der Waals surface area contributed by atoms with Gasteiger partial charge in [-0.1, -0.05) is 44.2 Å². The summed E-state index contributed by atoms with van der Waals surface area (Å²) in [4.78, 5) is 3.12. The van der Waals surface area contributed by atoms with Gasteiger partial charge in [-0.3, -0.25) is 0 Å². The molecule has 0 spiro atoms. The quantitative estimate of drug-likeness (QED) is 0.609. The van der Waals surface area contributed by atoms with Crippen LogP contribution in [0.1, 0.15) is 20.3 Å². The van der Waals surface area contributed by atoms with Crippen LogP contribution in [0.25, 0.3) is 11.3 Å². The first kappa shape index (κ1) is 15.0. The van der Waals surface area contributed by atoms with E-state index < -0.39 is 0 Å². The molecule has 20 heavy (non-hydrogen) atoms. The van der Waals surface area contributed by atoms with Crippen molar-refractivity contribution < 1.29 is 4.74 Å². The van der Waals surface area contributed by atoms with Gasteiger partial charge in [-0.2, -0.15) is 0 Å². The van der Waals surface area contributed by atoms with Gasteiger partial charge in [-0.05, 0) is 30.1 Å². The monoisotopic (exact) mass is 290 g/mol. The predicted molar refractivity (Wildman–Crippen MR) is 85.3 cm³/mol. The molecule has 108 valence electrons. The second-order valence-corrected chi connectivity index (χ2v) is 5.68.